The molecular formula is C14H17FN6O2. The Morgan fingerprint density at radius 2 is 2.39 bits per heavy atom. The van der Waals surface area contributed by atoms with Crippen molar-refractivity contribution in [3.63, 3.8) is 0 Å². The number of carbonyl (C=O) groups is 1. The van der Waals surface area contributed by atoms with Crippen molar-refractivity contribution < 1.29 is 13.9 Å². The Morgan fingerprint density at radius 3 is 3.09 bits per heavy atom. The van der Waals surface area contributed by atoms with Crippen LogP contribution < -0.4 is 10.6 Å². The minimum Gasteiger partial charge on any atom is -0.376 e. The van der Waals surface area contributed by atoms with Gasteiger partial charge in [-0.05, 0) is 48.4 Å². The average molecular weight is 320 g/mol. The number of hydrogen-bond acceptors (Lipinski definition) is 5. The molecule has 2 heterocycles. The van der Waals surface area contributed by atoms with Crippen LogP contribution in [0, 0.1) is 12.7 Å². The number of nitrogens with zero attached hydrogens (tertiary/aromatic N) is 4. The van der Waals surface area contributed by atoms with E-state index in [1.807, 2.05) is 0 Å². The molecule has 0 bridgehead atoms. The summed E-state index contributed by atoms with van der Waals surface area (Å²) in [5.74, 6) is -0.0328. The smallest absolute Gasteiger partial charge is 0.319 e. The number of urea groups is 1. The summed E-state index contributed by atoms with van der Waals surface area (Å²) in [5.41, 5.74) is 0.616. The zero-order valence-electron chi connectivity index (χ0n) is 12.6. The molecule has 1 fully saturated rings. The van der Waals surface area contributed by atoms with Crippen LogP contribution in [0.15, 0.2) is 18.2 Å². The molecule has 1 aromatic heterocycles. The van der Waals surface area contributed by atoms with Crippen molar-refractivity contribution in [1.82, 2.24) is 25.5 Å². The summed E-state index contributed by atoms with van der Waals surface area (Å²) in [5, 5.41) is 16.3. The van der Waals surface area contributed by atoms with Gasteiger partial charge in [0.2, 0.25) is 0 Å². The maximum absolute atomic E-state index is 13.9. The normalized spacial score (nSPS) is 17.2. The SMILES string of the molecule is Cc1nnnn1-c1cc(NC(=O)NC[C@H]2CCCO2)ccc1F. The van der Waals surface area contributed by atoms with Gasteiger partial charge >= 0.3 is 6.03 Å². The Hall–Kier alpha value is -2.55. The molecule has 1 aliphatic rings. The van der Waals surface area contributed by atoms with Crippen LogP contribution >= 0.6 is 0 Å². The third-order valence-corrected chi connectivity index (χ3v) is 3.57. The van der Waals surface area contributed by atoms with Gasteiger partial charge in [-0.2, -0.15) is 4.68 Å². The van der Waals surface area contributed by atoms with Crippen molar-refractivity contribution >= 4 is 11.7 Å². The number of tetrazole rings is 1. The number of halogens is 1. The second-order valence-electron chi connectivity index (χ2n) is 5.27. The molecule has 1 aromatic carbocycles. The molecule has 2 amide bonds. The average Bonchev–Trinajstić information content (AvgIpc) is 3.19. The predicted molar refractivity (Wildman–Crippen MR) is 79.8 cm³/mol. The number of rotatable bonds is 4. The summed E-state index contributed by atoms with van der Waals surface area (Å²) >= 11 is 0. The largest absolute Gasteiger partial charge is 0.376 e. The summed E-state index contributed by atoms with van der Waals surface area (Å²) in [6.07, 6.45) is 2.02. The highest BCUT2D eigenvalue weighted by Crippen LogP contribution is 2.18. The van der Waals surface area contributed by atoms with Crippen LogP contribution in [0.4, 0.5) is 14.9 Å². The van der Waals surface area contributed by atoms with E-state index in [0.717, 1.165) is 19.4 Å². The third kappa shape index (κ3) is 3.62. The van der Waals surface area contributed by atoms with Gasteiger partial charge in [-0.15, -0.1) is 5.10 Å². The maximum atomic E-state index is 13.9. The highest BCUT2D eigenvalue weighted by atomic mass is 19.1. The van der Waals surface area contributed by atoms with Gasteiger partial charge in [-0.3, -0.25) is 0 Å². The number of ether oxygens (including phenoxy) is 1. The van der Waals surface area contributed by atoms with Gasteiger partial charge in [0.15, 0.2) is 5.82 Å². The Bertz CT molecular complexity index is 698. The number of nitrogens with one attached hydrogen (secondary N) is 2. The highest BCUT2D eigenvalue weighted by Gasteiger charge is 2.16. The van der Waals surface area contributed by atoms with Crippen molar-refractivity contribution in [3.8, 4) is 5.69 Å². The van der Waals surface area contributed by atoms with E-state index in [1.54, 1.807) is 6.92 Å². The molecule has 3 rings (SSSR count). The van der Waals surface area contributed by atoms with Crippen LogP contribution in [-0.4, -0.2) is 45.5 Å². The molecule has 0 unspecified atom stereocenters. The molecule has 8 nitrogen and oxygen atoms in total. The molecule has 9 heteroatoms. The lowest BCUT2D eigenvalue weighted by atomic mass is 10.2. The fraction of sp³-hybridized carbons (Fsp3) is 0.429. The predicted octanol–water partition coefficient (Wildman–Crippen LogP) is 1.41. The number of hydrogen-bond donors (Lipinski definition) is 2. The monoisotopic (exact) mass is 320 g/mol. The Balaban J connectivity index is 1.66. The van der Waals surface area contributed by atoms with Gasteiger partial charge in [0.25, 0.3) is 0 Å². The second kappa shape index (κ2) is 6.69. The topological polar surface area (TPSA) is 94.0 Å². The van der Waals surface area contributed by atoms with Crippen molar-refractivity contribution in [2.24, 2.45) is 0 Å². The molecular weight excluding hydrogens is 303 g/mol. The number of aromatic nitrogens is 4. The molecule has 0 spiro atoms. The molecule has 122 valence electrons. The summed E-state index contributed by atoms with van der Waals surface area (Å²) < 4.78 is 20.6. The second-order valence-corrected chi connectivity index (χ2v) is 5.27. The lowest BCUT2D eigenvalue weighted by Gasteiger charge is -2.12. The summed E-state index contributed by atoms with van der Waals surface area (Å²) in [6.45, 7) is 2.85. The van der Waals surface area contributed by atoms with Crippen molar-refractivity contribution in [3.05, 3.63) is 29.8 Å². The standard InChI is InChI=1S/C14H17FN6O2/c1-9-18-19-20-21(9)13-7-10(4-5-12(13)15)17-14(22)16-8-11-3-2-6-23-11/h4-5,7,11H,2-3,6,8H2,1H3,(H2,16,17,22)/t11-/m1/s1. The van der Waals surface area contributed by atoms with Crippen LogP contribution in [0.1, 0.15) is 18.7 Å². The molecule has 0 aliphatic carbocycles. The van der Waals surface area contributed by atoms with Gasteiger partial charge < -0.3 is 15.4 Å². The van der Waals surface area contributed by atoms with Crippen LogP contribution in [0.25, 0.3) is 5.69 Å². The van der Waals surface area contributed by atoms with Gasteiger partial charge in [-0.1, -0.05) is 0 Å². The molecule has 23 heavy (non-hydrogen) atoms. The fourth-order valence-corrected chi connectivity index (χ4v) is 2.39. The van der Waals surface area contributed by atoms with E-state index in [0.29, 0.717) is 18.1 Å². The van der Waals surface area contributed by atoms with Crippen LogP contribution in [0.3, 0.4) is 0 Å². The lowest BCUT2D eigenvalue weighted by Crippen LogP contribution is -2.35. The summed E-state index contributed by atoms with van der Waals surface area (Å²) in [7, 11) is 0. The number of benzene rings is 1. The molecule has 2 N–H and O–H groups in total. The Morgan fingerprint density at radius 1 is 1.52 bits per heavy atom. The van der Waals surface area contributed by atoms with Crippen molar-refractivity contribution in [2.45, 2.75) is 25.9 Å². The number of aryl methyl sites for hydroxylation is 1. The van der Waals surface area contributed by atoms with Crippen molar-refractivity contribution in [1.29, 1.82) is 0 Å². The molecule has 0 radical (unpaired) electrons. The van der Waals surface area contributed by atoms with E-state index in [1.165, 1.54) is 22.9 Å². The van der Waals surface area contributed by atoms with Gasteiger partial charge in [0.05, 0.1) is 6.10 Å². The molecule has 1 saturated heterocycles. The van der Waals surface area contributed by atoms with E-state index in [-0.39, 0.29) is 17.8 Å². The summed E-state index contributed by atoms with van der Waals surface area (Å²) in [4.78, 5) is 11.9. The first-order chi connectivity index (χ1) is 11.1. The fourth-order valence-electron chi connectivity index (χ4n) is 2.39. The highest BCUT2D eigenvalue weighted by molar-refractivity contribution is 5.89. The number of anilines is 1. The number of amides is 2. The van der Waals surface area contributed by atoms with Crippen LogP contribution in [0.2, 0.25) is 0 Å². The third-order valence-electron chi connectivity index (χ3n) is 3.57. The number of carbonyl (C=O) groups excluding carboxylic acids is 1. The van der Waals surface area contributed by atoms with Crippen LogP contribution in [-0.2, 0) is 4.74 Å². The zero-order valence-corrected chi connectivity index (χ0v) is 12.6. The van der Waals surface area contributed by atoms with E-state index >= 15 is 0 Å². The van der Waals surface area contributed by atoms with Gasteiger partial charge in [0, 0.05) is 18.8 Å². The first-order valence-electron chi connectivity index (χ1n) is 7.35. The minimum atomic E-state index is -0.481. The Kier molecular flexibility index (Phi) is 4.47. The minimum absolute atomic E-state index is 0.0633. The summed E-state index contributed by atoms with van der Waals surface area (Å²) in [6, 6.07) is 3.84. The zero-order chi connectivity index (χ0) is 16.2. The first kappa shape index (κ1) is 15.3. The van der Waals surface area contributed by atoms with E-state index in [9.17, 15) is 9.18 Å². The molecule has 2 aromatic rings. The quantitative estimate of drug-likeness (QED) is 0.888. The van der Waals surface area contributed by atoms with Gasteiger partial charge in [0.1, 0.15) is 11.5 Å². The van der Waals surface area contributed by atoms with Crippen molar-refractivity contribution in [2.75, 3.05) is 18.5 Å². The first-order valence-corrected chi connectivity index (χ1v) is 7.35. The Labute approximate surface area is 132 Å². The van der Waals surface area contributed by atoms with E-state index in [4.69, 9.17) is 4.74 Å². The molecule has 0 saturated carbocycles. The van der Waals surface area contributed by atoms with E-state index < -0.39 is 5.82 Å². The van der Waals surface area contributed by atoms with Crippen LogP contribution in [0.5, 0.6) is 0 Å². The van der Waals surface area contributed by atoms with E-state index in [2.05, 4.69) is 26.2 Å². The molecule has 1 aliphatic heterocycles. The van der Waals surface area contributed by atoms with Gasteiger partial charge in [-0.25, -0.2) is 9.18 Å². The molecule has 1 atom stereocenters. The maximum Gasteiger partial charge on any atom is 0.319 e. The lowest BCUT2D eigenvalue weighted by molar-refractivity contribution is 0.112.